The molecule has 0 saturated carbocycles. The molecular formula is C22H17F4N5O5S. The fraction of sp³-hybridized carbons (Fsp3) is 0.182. The first kappa shape index (κ1) is 26.0. The standard InChI is InChI=1S/C22H17F4N5O5S/c23-18-15(14-10-28-21(27)29-11-14)6-7-16(13-4-2-1-3-5-13)19(18)37(34,35)30-8-9-31(17(32)12-30)36-20(33)22(24,25)26/h1-7,10-11H,8-9,12H2,(H2,27,28,29). The highest BCUT2D eigenvalue weighted by atomic mass is 32.2. The van der Waals surface area contributed by atoms with Crippen LogP contribution in [0.15, 0.2) is 59.8 Å². The quantitative estimate of drug-likeness (QED) is 0.489. The van der Waals surface area contributed by atoms with Crippen molar-refractivity contribution in [3.63, 3.8) is 0 Å². The van der Waals surface area contributed by atoms with E-state index in [-0.39, 0.29) is 27.7 Å². The predicted molar refractivity (Wildman–Crippen MR) is 120 cm³/mol. The summed E-state index contributed by atoms with van der Waals surface area (Å²) in [5.41, 5.74) is 5.77. The Morgan fingerprint density at radius 2 is 1.59 bits per heavy atom. The van der Waals surface area contributed by atoms with Crippen molar-refractivity contribution in [3.05, 3.63) is 60.7 Å². The molecule has 3 aromatic rings. The number of nitrogen functional groups attached to an aromatic ring is 1. The van der Waals surface area contributed by atoms with Gasteiger partial charge in [0.25, 0.3) is 5.91 Å². The van der Waals surface area contributed by atoms with Crippen LogP contribution in [0, 0.1) is 5.82 Å². The number of benzene rings is 2. The molecule has 15 heteroatoms. The molecule has 2 heterocycles. The Morgan fingerprint density at radius 3 is 2.19 bits per heavy atom. The van der Waals surface area contributed by atoms with Crippen LogP contribution in [0.5, 0.6) is 0 Å². The number of hydrogen-bond donors (Lipinski definition) is 1. The lowest BCUT2D eigenvalue weighted by atomic mass is 10.0. The monoisotopic (exact) mass is 539 g/mol. The number of aromatic nitrogens is 2. The van der Waals surface area contributed by atoms with Crippen LogP contribution in [0.1, 0.15) is 0 Å². The van der Waals surface area contributed by atoms with Crippen molar-refractivity contribution < 1.29 is 40.4 Å². The number of carbonyl (C=O) groups is 2. The van der Waals surface area contributed by atoms with Gasteiger partial charge in [0.15, 0.2) is 5.82 Å². The Kier molecular flexibility index (Phi) is 6.84. The van der Waals surface area contributed by atoms with Crippen LogP contribution in [-0.4, -0.2) is 65.4 Å². The lowest BCUT2D eigenvalue weighted by Crippen LogP contribution is -2.53. The molecule has 37 heavy (non-hydrogen) atoms. The molecule has 2 N–H and O–H groups in total. The molecule has 0 aliphatic carbocycles. The third kappa shape index (κ3) is 5.22. The zero-order chi connectivity index (χ0) is 27.0. The molecule has 2 aromatic carbocycles. The molecule has 10 nitrogen and oxygen atoms in total. The average Bonchev–Trinajstić information content (AvgIpc) is 2.85. The second kappa shape index (κ2) is 9.74. The molecular weight excluding hydrogens is 522 g/mol. The molecule has 0 radical (unpaired) electrons. The first-order chi connectivity index (χ1) is 17.4. The minimum absolute atomic E-state index is 0.0170. The largest absolute Gasteiger partial charge is 0.493 e. The zero-order valence-electron chi connectivity index (χ0n) is 18.6. The molecule has 0 unspecified atom stereocenters. The lowest BCUT2D eigenvalue weighted by Gasteiger charge is -2.32. The normalized spacial score (nSPS) is 15.0. The molecule has 0 atom stereocenters. The third-order valence-electron chi connectivity index (χ3n) is 5.33. The molecule has 194 valence electrons. The molecule has 1 aromatic heterocycles. The maximum atomic E-state index is 16.0. The van der Waals surface area contributed by atoms with Crippen molar-refractivity contribution in [1.82, 2.24) is 19.3 Å². The fourth-order valence-corrected chi connectivity index (χ4v) is 5.23. The van der Waals surface area contributed by atoms with Crippen LogP contribution in [0.25, 0.3) is 22.3 Å². The number of hydroxylamine groups is 2. The van der Waals surface area contributed by atoms with Gasteiger partial charge in [-0.2, -0.15) is 22.5 Å². The Morgan fingerprint density at radius 1 is 0.973 bits per heavy atom. The highest BCUT2D eigenvalue weighted by Gasteiger charge is 2.45. The van der Waals surface area contributed by atoms with Crippen molar-refractivity contribution in [1.29, 1.82) is 0 Å². The molecule has 1 saturated heterocycles. The number of amides is 1. The molecule has 0 spiro atoms. The highest BCUT2D eigenvalue weighted by Crippen LogP contribution is 2.37. The van der Waals surface area contributed by atoms with Gasteiger partial charge in [0, 0.05) is 35.6 Å². The lowest BCUT2D eigenvalue weighted by molar-refractivity contribution is -0.239. The molecule has 1 aliphatic rings. The van der Waals surface area contributed by atoms with Gasteiger partial charge in [-0.3, -0.25) is 4.79 Å². The first-order valence-corrected chi connectivity index (χ1v) is 11.9. The second-order valence-electron chi connectivity index (χ2n) is 7.71. The number of piperazine rings is 1. The second-order valence-corrected chi connectivity index (χ2v) is 9.59. The number of anilines is 1. The average molecular weight is 539 g/mol. The number of nitrogens with two attached hydrogens (primary N) is 1. The van der Waals surface area contributed by atoms with Gasteiger partial charge in [0.05, 0.1) is 13.1 Å². The van der Waals surface area contributed by atoms with Gasteiger partial charge < -0.3 is 10.6 Å². The number of halogens is 4. The summed E-state index contributed by atoms with van der Waals surface area (Å²) in [6.45, 7) is -2.26. The minimum Gasteiger partial charge on any atom is -0.368 e. The van der Waals surface area contributed by atoms with Crippen LogP contribution in [-0.2, 0) is 24.4 Å². The van der Waals surface area contributed by atoms with Crippen molar-refractivity contribution in [2.24, 2.45) is 0 Å². The molecule has 1 aliphatic heterocycles. The van der Waals surface area contributed by atoms with E-state index in [4.69, 9.17) is 5.73 Å². The maximum absolute atomic E-state index is 16.0. The van der Waals surface area contributed by atoms with Gasteiger partial charge >= 0.3 is 12.1 Å². The molecule has 4 rings (SSSR count). The number of sulfonamides is 1. The number of alkyl halides is 3. The van der Waals surface area contributed by atoms with E-state index < -0.39 is 58.4 Å². The summed E-state index contributed by atoms with van der Waals surface area (Å²) in [6, 6.07) is 10.7. The van der Waals surface area contributed by atoms with Crippen molar-refractivity contribution >= 4 is 27.8 Å². The van der Waals surface area contributed by atoms with Crippen molar-refractivity contribution in [2.45, 2.75) is 11.1 Å². The smallest absolute Gasteiger partial charge is 0.368 e. The van der Waals surface area contributed by atoms with Crippen LogP contribution >= 0.6 is 0 Å². The van der Waals surface area contributed by atoms with E-state index >= 15 is 4.39 Å². The van der Waals surface area contributed by atoms with E-state index in [0.717, 1.165) is 0 Å². The van der Waals surface area contributed by atoms with Gasteiger partial charge in [0.1, 0.15) is 4.90 Å². The van der Waals surface area contributed by atoms with Crippen LogP contribution < -0.4 is 5.73 Å². The molecule has 1 fully saturated rings. The Balaban J connectivity index is 1.75. The zero-order valence-corrected chi connectivity index (χ0v) is 19.5. The van der Waals surface area contributed by atoms with Gasteiger partial charge in [0.2, 0.25) is 16.0 Å². The van der Waals surface area contributed by atoms with E-state index in [9.17, 15) is 31.2 Å². The topological polar surface area (TPSA) is 136 Å². The van der Waals surface area contributed by atoms with Crippen LogP contribution in [0.4, 0.5) is 23.5 Å². The van der Waals surface area contributed by atoms with Crippen LogP contribution in [0.2, 0.25) is 0 Å². The summed E-state index contributed by atoms with van der Waals surface area (Å²) < 4.78 is 81.3. The minimum atomic E-state index is -5.36. The predicted octanol–water partition coefficient (Wildman–Crippen LogP) is 2.39. The number of hydrogen-bond acceptors (Lipinski definition) is 8. The number of nitrogens with zero attached hydrogens (tertiary/aromatic N) is 4. The Labute approximate surface area is 207 Å². The number of carbonyl (C=O) groups excluding carboxylic acids is 2. The van der Waals surface area contributed by atoms with Gasteiger partial charge in [-0.25, -0.2) is 27.6 Å². The SMILES string of the molecule is Nc1ncc(-c2ccc(-c3ccccc3)c(S(=O)(=O)N3CCN(OC(=O)C(F)(F)F)C(=O)C3)c2F)cn1. The summed E-state index contributed by atoms with van der Waals surface area (Å²) in [4.78, 5) is 34.3. The Hall–Kier alpha value is -4.11. The summed E-state index contributed by atoms with van der Waals surface area (Å²) in [5, 5.41) is 0.123. The molecule has 1 amide bonds. The summed E-state index contributed by atoms with van der Waals surface area (Å²) in [7, 11) is -4.74. The number of rotatable bonds is 5. The van der Waals surface area contributed by atoms with Gasteiger partial charge in [-0.1, -0.05) is 42.5 Å². The van der Waals surface area contributed by atoms with E-state index in [1.165, 1.54) is 24.5 Å². The van der Waals surface area contributed by atoms with Crippen LogP contribution in [0.3, 0.4) is 0 Å². The third-order valence-corrected chi connectivity index (χ3v) is 7.24. The fourth-order valence-electron chi connectivity index (χ4n) is 3.57. The van der Waals surface area contributed by atoms with Gasteiger partial charge in [-0.15, -0.1) is 0 Å². The van der Waals surface area contributed by atoms with Crippen molar-refractivity contribution in [2.75, 3.05) is 25.4 Å². The van der Waals surface area contributed by atoms with E-state index in [2.05, 4.69) is 14.8 Å². The van der Waals surface area contributed by atoms with Crippen molar-refractivity contribution in [3.8, 4) is 22.3 Å². The first-order valence-electron chi connectivity index (χ1n) is 10.4. The summed E-state index contributed by atoms with van der Waals surface area (Å²) in [6.07, 6.45) is -2.95. The Bertz CT molecular complexity index is 1450. The maximum Gasteiger partial charge on any atom is 0.493 e. The highest BCUT2D eigenvalue weighted by molar-refractivity contribution is 7.89. The molecule has 0 bridgehead atoms. The van der Waals surface area contributed by atoms with Gasteiger partial charge in [-0.05, 0) is 5.56 Å². The van der Waals surface area contributed by atoms with E-state index in [0.29, 0.717) is 9.87 Å². The summed E-state index contributed by atoms with van der Waals surface area (Å²) >= 11 is 0. The summed E-state index contributed by atoms with van der Waals surface area (Å²) in [5.74, 6) is -5.11. The van der Waals surface area contributed by atoms with E-state index in [1.807, 2.05) is 0 Å². The van der Waals surface area contributed by atoms with E-state index in [1.54, 1.807) is 30.3 Å².